The molecular weight excluding hydrogens is 262 g/mol. The first-order valence-corrected chi connectivity index (χ1v) is 8.66. The fraction of sp³-hybridized carbons (Fsp3) is 0.833. The average Bonchev–Trinajstić information content (AvgIpc) is 2.90. The van der Waals surface area contributed by atoms with Gasteiger partial charge in [-0.05, 0) is 12.8 Å². The number of hydrogen-bond donors (Lipinski definition) is 0. The fourth-order valence-electron chi connectivity index (χ4n) is 1.90. The first-order chi connectivity index (χ1) is 9.19. The monoisotopic (exact) mass is 287 g/mol. The first kappa shape index (κ1) is 16.3. The van der Waals surface area contributed by atoms with Crippen molar-refractivity contribution in [3.8, 4) is 0 Å². The Morgan fingerprint density at radius 3 is 2.42 bits per heavy atom. The third-order valence-corrected chi connectivity index (χ3v) is 5.97. The zero-order valence-corrected chi connectivity index (χ0v) is 13.4. The van der Waals surface area contributed by atoms with Gasteiger partial charge < -0.3 is 13.3 Å². The molecule has 0 aliphatic heterocycles. The van der Waals surface area contributed by atoms with E-state index in [2.05, 4.69) is 17.0 Å². The Hall–Kier alpha value is -0.763. The van der Waals surface area contributed by atoms with Crippen molar-refractivity contribution in [2.75, 3.05) is 21.3 Å². The molecule has 0 amide bonds. The summed E-state index contributed by atoms with van der Waals surface area (Å²) in [7, 11) is 2.46. The van der Waals surface area contributed by atoms with Crippen LogP contribution in [0.25, 0.3) is 0 Å². The van der Waals surface area contributed by atoms with Crippen LogP contribution in [-0.4, -0.2) is 44.9 Å². The van der Waals surface area contributed by atoms with Gasteiger partial charge in [-0.3, -0.25) is 4.68 Å². The van der Waals surface area contributed by atoms with Crippen LogP contribution >= 0.6 is 0 Å². The Labute approximate surface area is 116 Å². The van der Waals surface area contributed by atoms with Crippen molar-refractivity contribution >= 4 is 8.80 Å². The zero-order chi connectivity index (χ0) is 14.1. The molecule has 0 saturated carbocycles. The first-order valence-electron chi connectivity index (χ1n) is 6.73. The summed E-state index contributed by atoms with van der Waals surface area (Å²) in [5.74, 6) is 0.926. The largest absolute Gasteiger partial charge is 0.500 e. The highest BCUT2D eigenvalue weighted by atomic mass is 28.4. The van der Waals surface area contributed by atoms with Gasteiger partial charge >= 0.3 is 8.80 Å². The number of hydrogen-bond acceptors (Lipinski definition) is 5. The molecule has 0 aromatic carbocycles. The lowest BCUT2D eigenvalue weighted by molar-refractivity contribution is 0.122. The molecule has 0 unspecified atom stereocenters. The van der Waals surface area contributed by atoms with Crippen LogP contribution in [0.5, 0.6) is 0 Å². The molecule has 0 atom stereocenters. The highest BCUT2D eigenvalue weighted by molar-refractivity contribution is 6.60. The van der Waals surface area contributed by atoms with E-state index in [1.165, 1.54) is 0 Å². The third-order valence-electron chi connectivity index (χ3n) is 3.14. The molecule has 0 N–H and O–H groups in total. The molecule has 0 saturated heterocycles. The standard InChI is InChI=1S/C12H25N3O3Si/c1-5-6-8-12-13-11-15(14-12)9-7-10-19(16-2,17-3)18-4/h11H,5-10H2,1-4H3. The Morgan fingerprint density at radius 2 is 1.84 bits per heavy atom. The molecular formula is C12H25N3O3Si. The summed E-state index contributed by atoms with van der Waals surface area (Å²) in [6.07, 6.45) is 5.95. The van der Waals surface area contributed by atoms with Crippen LogP contribution in [0.3, 0.4) is 0 Å². The normalized spacial score (nSPS) is 12.0. The smallest absolute Gasteiger partial charge is 0.377 e. The summed E-state index contributed by atoms with van der Waals surface area (Å²) in [6.45, 7) is 2.98. The molecule has 0 aliphatic rings. The molecule has 19 heavy (non-hydrogen) atoms. The van der Waals surface area contributed by atoms with Crippen LogP contribution in [0, 0.1) is 0 Å². The topological polar surface area (TPSA) is 58.4 Å². The zero-order valence-electron chi connectivity index (χ0n) is 12.4. The summed E-state index contributed by atoms with van der Waals surface area (Å²) in [5.41, 5.74) is 0. The van der Waals surface area contributed by atoms with Crippen molar-refractivity contribution in [1.29, 1.82) is 0 Å². The maximum absolute atomic E-state index is 5.38. The second kappa shape index (κ2) is 8.42. The van der Waals surface area contributed by atoms with Gasteiger partial charge in [-0.25, -0.2) is 4.98 Å². The average molecular weight is 287 g/mol. The third kappa shape index (κ3) is 5.02. The van der Waals surface area contributed by atoms with Crippen molar-refractivity contribution in [1.82, 2.24) is 14.8 Å². The predicted molar refractivity (Wildman–Crippen MR) is 74.8 cm³/mol. The minimum atomic E-state index is -2.45. The second-order valence-electron chi connectivity index (χ2n) is 4.43. The van der Waals surface area contributed by atoms with E-state index in [1.807, 2.05) is 4.68 Å². The lowest BCUT2D eigenvalue weighted by Crippen LogP contribution is -2.42. The Kier molecular flexibility index (Phi) is 7.22. The summed E-state index contributed by atoms with van der Waals surface area (Å²) in [6, 6.07) is 0.778. The lowest BCUT2D eigenvalue weighted by atomic mass is 10.2. The van der Waals surface area contributed by atoms with Crippen LogP contribution < -0.4 is 0 Å². The quantitative estimate of drug-likeness (QED) is 0.615. The van der Waals surface area contributed by atoms with Gasteiger partial charge in [-0.2, -0.15) is 5.10 Å². The highest BCUT2D eigenvalue weighted by Crippen LogP contribution is 2.15. The number of aryl methyl sites for hydroxylation is 2. The summed E-state index contributed by atoms with van der Waals surface area (Å²) >= 11 is 0. The van der Waals surface area contributed by atoms with Gasteiger partial charge in [0.05, 0.1) is 0 Å². The van der Waals surface area contributed by atoms with E-state index in [-0.39, 0.29) is 0 Å². The molecule has 1 aromatic heterocycles. The summed E-state index contributed by atoms with van der Waals surface area (Å²) in [5, 5.41) is 4.44. The van der Waals surface area contributed by atoms with Gasteiger partial charge in [0, 0.05) is 40.3 Å². The van der Waals surface area contributed by atoms with Gasteiger partial charge in [-0.15, -0.1) is 0 Å². The van der Waals surface area contributed by atoms with E-state index in [4.69, 9.17) is 13.3 Å². The van der Waals surface area contributed by atoms with Crippen molar-refractivity contribution in [3.63, 3.8) is 0 Å². The number of unbranched alkanes of at least 4 members (excludes halogenated alkanes) is 1. The molecule has 1 rings (SSSR count). The minimum Gasteiger partial charge on any atom is -0.377 e. The molecule has 110 valence electrons. The Morgan fingerprint density at radius 1 is 1.16 bits per heavy atom. The Balaban J connectivity index is 2.38. The molecule has 1 heterocycles. The van der Waals surface area contributed by atoms with E-state index < -0.39 is 8.80 Å². The molecule has 0 fully saturated rings. The van der Waals surface area contributed by atoms with E-state index in [9.17, 15) is 0 Å². The van der Waals surface area contributed by atoms with Crippen LogP contribution in [0.2, 0.25) is 6.04 Å². The van der Waals surface area contributed by atoms with Gasteiger partial charge in [0.25, 0.3) is 0 Å². The second-order valence-corrected chi connectivity index (χ2v) is 7.52. The molecule has 0 aliphatic carbocycles. The van der Waals surface area contributed by atoms with Gasteiger partial charge in [-0.1, -0.05) is 13.3 Å². The molecule has 0 radical (unpaired) electrons. The molecule has 1 aromatic rings. The summed E-state index contributed by atoms with van der Waals surface area (Å²) < 4.78 is 18.0. The molecule has 6 nitrogen and oxygen atoms in total. The van der Waals surface area contributed by atoms with Gasteiger partial charge in [0.15, 0.2) is 5.82 Å². The number of nitrogens with zero attached hydrogens (tertiary/aromatic N) is 3. The molecule has 7 heteroatoms. The minimum absolute atomic E-state index is 0.778. The maximum atomic E-state index is 5.38. The van der Waals surface area contributed by atoms with Crippen molar-refractivity contribution in [3.05, 3.63) is 12.2 Å². The van der Waals surface area contributed by atoms with Gasteiger partial charge in [0.2, 0.25) is 0 Å². The summed E-state index contributed by atoms with van der Waals surface area (Å²) in [4.78, 5) is 4.30. The lowest BCUT2D eigenvalue weighted by Gasteiger charge is -2.24. The Bertz CT molecular complexity index is 347. The van der Waals surface area contributed by atoms with E-state index in [0.29, 0.717) is 0 Å². The number of rotatable bonds is 10. The number of aromatic nitrogens is 3. The van der Waals surface area contributed by atoms with Crippen molar-refractivity contribution in [2.45, 2.75) is 45.2 Å². The fourth-order valence-corrected chi connectivity index (χ4v) is 3.61. The van der Waals surface area contributed by atoms with Crippen molar-refractivity contribution in [2.24, 2.45) is 0 Å². The molecule has 0 bridgehead atoms. The highest BCUT2D eigenvalue weighted by Gasteiger charge is 2.36. The van der Waals surface area contributed by atoms with Crippen molar-refractivity contribution < 1.29 is 13.3 Å². The van der Waals surface area contributed by atoms with Crippen LogP contribution in [-0.2, 0) is 26.2 Å². The molecule has 0 spiro atoms. The predicted octanol–water partition coefficient (Wildman–Crippen LogP) is 1.89. The van der Waals surface area contributed by atoms with E-state index in [0.717, 1.165) is 44.1 Å². The SMILES string of the molecule is CCCCc1ncn(CCC[Si](OC)(OC)OC)n1. The maximum Gasteiger partial charge on any atom is 0.500 e. The van der Waals surface area contributed by atoms with Crippen LogP contribution in [0.4, 0.5) is 0 Å². The van der Waals surface area contributed by atoms with E-state index in [1.54, 1.807) is 27.7 Å². The van der Waals surface area contributed by atoms with Gasteiger partial charge in [0.1, 0.15) is 6.33 Å². The van der Waals surface area contributed by atoms with E-state index >= 15 is 0 Å². The van der Waals surface area contributed by atoms with Crippen LogP contribution in [0.1, 0.15) is 32.0 Å². The van der Waals surface area contributed by atoms with Crippen LogP contribution in [0.15, 0.2) is 6.33 Å².